The summed E-state index contributed by atoms with van der Waals surface area (Å²) in [5.74, 6) is 0. The second-order valence-corrected chi connectivity index (χ2v) is 9.19. The predicted octanol–water partition coefficient (Wildman–Crippen LogP) is 9.28. The summed E-state index contributed by atoms with van der Waals surface area (Å²) >= 11 is 0. The molecular weight excluding hydrogens is 724 g/mol. The fourth-order valence-electron chi connectivity index (χ4n) is 3.81. The molecule has 6 rings (SSSR count). The summed E-state index contributed by atoms with van der Waals surface area (Å²) in [6.07, 6.45) is 0.791. The molecule has 0 aliphatic heterocycles. The van der Waals surface area contributed by atoms with Gasteiger partial charge in [0.05, 0.1) is 0 Å². The second kappa shape index (κ2) is 16.3. The fraction of sp³-hybridized carbons (Fsp3) is 0.0833. The van der Waals surface area contributed by atoms with E-state index >= 15 is 0 Å². The van der Waals surface area contributed by atoms with Crippen molar-refractivity contribution in [1.82, 2.24) is 15.0 Å². The minimum absolute atomic E-state index is 0. The molecule has 3 aromatic heterocycles. The van der Waals surface area contributed by atoms with Crippen LogP contribution in [0.1, 0.15) is 16.7 Å². The molecule has 0 amide bonds. The first kappa shape index (κ1) is 33.1. The summed E-state index contributed by atoms with van der Waals surface area (Å²) in [7, 11) is 0. The Bertz CT molecular complexity index is 1600. The molecule has 6 aromatic rings. The number of aromatic nitrogens is 3. The van der Waals surface area contributed by atoms with Gasteiger partial charge in [-0.3, -0.25) is 0 Å². The Morgan fingerprint density at radius 2 is 0.884 bits per heavy atom. The number of rotatable bonds is 3. The van der Waals surface area contributed by atoms with Crippen molar-refractivity contribution in [2.24, 2.45) is 0 Å². The van der Waals surface area contributed by atoms with Crippen LogP contribution in [0, 0.1) is 32.0 Å². The molecule has 0 N–H and O–H groups in total. The zero-order chi connectivity index (χ0) is 29.8. The molecule has 3 nitrogen and oxygen atoms in total. The molecule has 0 saturated heterocycles. The van der Waals surface area contributed by atoms with Crippen molar-refractivity contribution in [2.75, 3.05) is 0 Å². The van der Waals surface area contributed by atoms with Crippen LogP contribution in [0.4, 0.5) is 13.2 Å². The smallest absolute Gasteiger partial charge is 0.305 e. The largest absolute Gasteiger partial charge is 3.00 e. The molecule has 0 saturated carbocycles. The number of alkyl halides is 3. The normalized spacial score (nSPS) is 10.3. The first-order valence-corrected chi connectivity index (χ1v) is 13.1. The van der Waals surface area contributed by atoms with Crippen LogP contribution in [-0.2, 0) is 26.3 Å². The molecule has 3 aromatic carbocycles. The van der Waals surface area contributed by atoms with E-state index < -0.39 is 11.7 Å². The summed E-state index contributed by atoms with van der Waals surface area (Å²) in [5, 5.41) is 0. The monoisotopic (exact) mass is 751 g/mol. The van der Waals surface area contributed by atoms with Gasteiger partial charge in [0.25, 0.3) is 0 Å². The Hall–Kier alpha value is -4.45. The van der Waals surface area contributed by atoms with Gasteiger partial charge in [0.1, 0.15) is 0 Å². The summed E-state index contributed by atoms with van der Waals surface area (Å²) < 4.78 is 37.3. The fourth-order valence-corrected chi connectivity index (χ4v) is 3.81. The van der Waals surface area contributed by atoms with Crippen molar-refractivity contribution in [1.29, 1.82) is 0 Å². The molecule has 216 valence electrons. The van der Waals surface area contributed by atoms with Crippen LogP contribution >= 0.6 is 0 Å². The van der Waals surface area contributed by atoms with E-state index in [9.17, 15) is 13.2 Å². The maximum absolute atomic E-state index is 12.4. The molecule has 43 heavy (non-hydrogen) atoms. The Labute approximate surface area is 263 Å². The van der Waals surface area contributed by atoms with Crippen molar-refractivity contribution >= 4 is 0 Å². The second-order valence-electron chi connectivity index (χ2n) is 9.19. The molecule has 0 atom stereocenters. The van der Waals surface area contributed by atoms with Gasteiger partial charge in [-0.15, -0.1) is 101 Å². The minimum atomic E-state index is -4.33. The van der Waals surface area contributed by atoms with Crippen LogP contribution in [0.25, 0.3) is 33.8 Å². The van der Waals surface area contributed by atoms with Crippen LogP contribution in [0.5, 0.6) is 0 Å². The van der Waals surface area contributed by atoms with Gasteiger partial charge in [-0.25, -0.2) is 0 Å². The van der Waals surface area contributed by atoms with Gasteiger partial charge in [0.2, 0.25) is 0 Å². The Kier molecular flexibility index (Phi) is 12.5. The van der Waals surface area contributed by atoms with Crippen molar-refractivity contribution in [3.8, 4) is 33.8 Å². The average molecular weight is 751 g/mol. The third-order valence-electron chi connectivity index (χ3n) is 5.87. The first-order chi connectivity index (χ1) is 20.3. The van der Waals surface area contributed by atoms with Gasteiger partial charge in [-0.05, 0) is 40.8 Å². The van der Waals surface area contributed by atoms with Crippen LogP contribution in [0.15, 0.2) is 128 Å². The van der Waals surface area contributed by atoms with Gasteiger partial charge in [-0.2, -0.15) is 13.2 Å². The molecule has 0 bridgehead atoms. The summed E-state index contributed by atoms with van der Waals surface area (Å²) in [6, 6.07) is 41.3. The number of hydrogen-bond donors (Lipinski definition) is 0. The molecule has 0 spiro atoms. The summed E-state index contributed by atoms with van der Waals surface area (Å²) in [6.45, 7) is 4.14. The molecule has 0 radical (unpaired) electrons. The van der Waals surface area contributed by atoms with Gasteiger partial charge in [-0.1, -0.05) is 50.2 Å². The van der Waals surface area contributed by atoms with E-state index in [2.05, 4.69) is 59.1 Å². The third kappa shape index (κ3) is 10.4. The SMILES string of the molecule is Cc1cc[c-]c(-c2ccccn2)c1.Cc1cc[c-]c(-c2ccccn2)c1.FC(F)(F)c1cc[c-]c(-c2ccccn2)c1.[Ir+3]. The Morgan fingerprint density at radius 1 is 0.512 bits per heavy atom. The predicted molar refractivity (Wildman–Crippen MR) is 160 cm³/mol. The van der Waals surface area contributed by atoms with Crippen molar-refractivity contribution in [3.63, 3.8) is 0 Å². The third-order valence-corrected chi connectivity index (χ3v) is 5.87. The van der Waals surface area contributed by atoms with Crippen LogP contribution in [0.3, 0.4) is 0 Å². The van der Waals surface area contributed by atoms with Crippen molar-refractivity contribution in [3.05, 3.63) is 163 Å². The van der Waals surface area contributed by atoms with E-state index in [1.807, 2.05) is 60.7 Å². The van der Waals surface area contributed by atoms with Crippen molar-refractivity contribution < 1.29 is 33.3 Å². The average Bonchev–Trinajstić information content (AvgIpc) is 3.03. The number of aryl methyl sites for hydroxylation is 2. The summed E-state index contributed by atoms with van der Waals surface area (Å²) in [5.41, 5.74) is 6.67. The zero-order valence-corrected chi connectivity index (χ0v) is 25.8. The number of halogens is 3. The topological polar surface area (TPSA) is 38.7 Å². The van der Waals surface area contributed by atoms with E-state index in [0.29, 0.717) is 11.3 Å². The summed E-state index contributed by atoms with van der Waals surface area (Å²) in [4.78, 5) is 12.5. The van der Waals surface area contributed by atoms with Crippen LogP contribution in [0.2, 0.25) is 0 Å². The molecule has 0 aliphatic carbocycles. The van der Waals surface area contributed by atoms with Crippen molar-refractivity contribution in [2.45, 2.75) is 20.0 Å². The number of pyridine rings is 3. The van der Waals surface area contributed by atoms with Crippen LogP contribution < -0.4 is 0 Å². The number of nitrogens with zero attached hydrogens (tertiary/aromatic N) is 3. The molecule has 0 unspecified atom stereocenters. The zero-order valence-electron chi connectivity index (χ0n) is 23.4. The Balaban J connectivity index is 0.000000176. The van der Waals surface area contributed by atoms with E-state index in [0.717, 1.165) is 34.6 Å². The first-order valence-electron chi connectivity index (χ1n) is 13.1. The quantitative estimate of drug-likeness (QED) is 0.169. The molecular formula is C36H27F3IrN3. The maximum atomic E-state index is 12.4. The van der Waals surface area contributed by atoms with Gasteiger partial charge < -0.3 is 15.0 Å². The van der Waals surface area contributed by atoms with Crippen LogP contribution in [-0.4, -0.2) is 15.0 Å². The molecule has 0 fully saturated rings. The maximum Gasteiger partial charge on any atom is 3.00 e. The molecule has 3 heterocycles. The number of benzene rings is 3. The van der Waals surface area contributed by atoms with Gasteiger partial charge in [0, 0.05) is 18.6 Å². The Morgan fingerprint density at radius 3 is 1.21 bits per heavy atom. The van der Waals surface area contributed by atoms with E-state index in [1.54, 1.807) is 30.6 Å². The van der Waals surface area contributed by atoms with E-state index in [1.165, 1.54) is 23.4 Å². The van der Waals surface area contributed by atoms with Gasteiger partial charge >= 0.3 is 26.3 Å². The molecule has 0 aliphatic rings. The van der Waals surface area contributed by atoms with Gasteiger partial charge in [0.15, 0.2) is 0 Å². The minimum Gasteiger partial charge on any atom is -0.305 e. The standard InChI is InChI=1S/C12H7F3N.2C12H10N.Ir/c13-12(14,15)10-5-3-4-9(8-10)11-6-1-2-7-16-11;2*1-10-5-4-6-11(9-10)12-7-2-3-8-13-12;/h1-3,5-8H;2*2-5,7-9H,1H3;/q3*-1;+3. The van der Waals surface area contributed by atoms with E-state index in [-0.39, 0.29) is 20.1 Å². The van der Waals surface area contributed by atoms with E-state index in [4.69, 9.17) is 0 Å². The molecule has 7 heteroatoms. The number of hydrogen-bond acceptors (Lipinski definition) is 3.